The second-order valence-electron chi connectivity index (χ2n) is 5.75. The molecule has 2 rings (SSSR count). The number of ether oxygens (including phenoxy) is 2. The van der Waals surface area contributed by atoms with Gasteiger partial charge in [0.05, 0.1) is 6.04 Å². The van der Waals surface area contributed by atoms with E-state index in [-0.39, 0.29) is 26.0 Å². The van der Waals surface area contributed by atoms with Crippen LogP contribution in [0.25, 0.3) is 0 Å². The second-order valence-corrected chi connectivity index (χ2v) is 7.93. The van der Waals surface area contributed by atoms with Crippen molar-refractivity contribution in [1.82, 2.24) is 10.2 Å². The number of carboxylic acid groups (broad SMARTS) is 1. The summed E-state index contributed by atoms with van der Waals surface area (Å²) in [4.78, 5) is 36.5. The molecule has 0 saturated carbocycles. The zero-order valence-corrected chi connectivity index (χ0v) is 16.2. The highest BCUT2D eigenvalue weighted by atomic mass is 35.6. The van der Waals surface area contributed by atoms with Gasteiger partial charge >= 0.3 is 22.1 Å². The number of hydrogen-bond donors (Lipinski definition) is 2. The van der Waals surface area contributed by atoms with Gasteiger partial charge in [-0.2, -0.15) is 0 Å². The van der Waals surface area contributed by atoms with Gasteiger partial charge in [-0.3, -0.25) is 4.79 Å². The second kappa shape index (κ2) is 9.45. The summed E-state index contributed by atoms with van der Waals surface area (Å²) in [7, 11) is 0. The smallest absolute Gasteiger partial charge is 0.423 e. The first-order valence-electron chi connectivity index (χ1n) is 7.93. The van der Waals surface area contributed by atoms with Crippen molar-refractivity contribution in [3.63, 3.8) is 0 Å². The van der Waals surface area contributed by atoms with E-state index in [1.54, 1.807) is 24.3 Å². The summed E-state index contributed by atoms with van der Waals surface area (Å²) in [6.45, 7) is -0.0402. The number of rotatable bonds is 4. The molecule has 1 aromatic rings. The molecule has 0 spiro atoms. The van der Waals surface area contributed by atoms with Gasteiger partial charge in [-0.25, -0.2) is 14.5 Å². The Morgan fingerprint density at radius 1 is 1.15 bits per heavy atom. The maximum atomic E-state index is 12.5. The minimum atomic E-state index is -2.36. The standard InChI is InChI=1S/C16H17Cl3N2O6/c17-16(18,19)27-15(25)21(11-6-7-12(13(22)23)20-8-11)14(24)26-9-10-4-2-1-3-5-10/h1-5,11-12,20H,6-9H2,(H,22,23)/t11-,12+/m1/s1. The van der Waals surface area contributed by atoms with Gasteiger partial charge in [0.25, 0.3) is 0 Å². The van der Waals surface area contributed by atoms with Crippen LogP contribution in [0.4, 0.5) is 9.59 Å². The summed E-state index contributed by atoms with van der Waals surface area (Å²) in [5, 5.41) is 11.8. The van der Waals surface area contributed by atoms with Crippen LogP contribution in [0.2, 0.25) is 0 Å². The molecule has 1 aliphatic heterocycles. The largest absolute Gasteiger partial charge is 0.480 e. The molecular weight excluding hydrogens is 423 g/mol. The summed E-state index contributed by atoms with van der Waals surface area (Å²) in [6.07, 6.45) is -1.77. The van der Waals surface area contributed by atoms with Gasteiger partial charge in [0.15, 0.2) is 0 Å². The van der Waals surface area contributed by atoms with E-state index in [2.05, 4.69) is 10.1 Å². The number of amides is 2. The van der Waals surface area contributed by atoms with Crippen molar-refractivity contribution in [1.29, 1.82) is 0 Å². The third-order valence-corrected chi connectivity index (χ3v) is 4.08. The third-order valence-electron chi connectivity index (χ3n) is 3.85. The zero-order valence-electron chi connectivity index (χ0n) is 13.9. The quantitative estimate of drug-likeness (QED) is 0.693. The first-order valence-corrected chi connectivity index (χ1v) is 9.06. The lowest BCUT2D eigenvalue weighted by Crippen LogP contribution is -2.56. The summed E-state index contributed by atoms with van der Waals surface area (Å²) < 4.78 is 7.44. The molecule has 2 N–H and O–H groups in total. The molecule has 1 aliphatic rings. The molecule has 11 heteroatoms. The van der Waals surface area contributed by atoms with E-state index in [1.165, 1.54) is 0 Å². The Balaban J connectivity index is 2.08. The minimum Gasteiger partial charge on any atom is -0.480 e. The molecule has 148 valence electrons. The Labute approximate surface area is 170 Å². The van der Waals surface area contributed by atoms with Crippen molar-refractivity contribution in [2.75, 3.05) is 6.54 Å². The van der Waals surface area contributed by atoms with Gasteiger partial charge in [-0.15, -0.1) is 0 Å². The van der Waals surface area contributed by atoms with Crippen LogP contribution in [0.15, 0.2) is 30.3 Å². The minimum absolute atomic E-state index is 0.0341. The van der Waals surface area contributed by atoms with Crippen LogP contribution in [0.1, 0.15) is 18.4 Å². The molecule has 1 saturated heterocycles. The lowest BCUT2D eigenvalue weighted by atomic mass is 10.00. The number of nitrogens with one attached hydrogen (secondary N) is 1. The number of piperidine rings is 1. The number of aliphatic carboxylic acids is 1. The summed E-state index contributed by atoms with van der Waals surface area (Å²) >= 11 is 16.4. The molecular formula is C16H17Cl3N2O6. The normalized spacial score (nSPS) is 19.8. The average Bonchev–Trinajstić information content (AvgIpc) is 2.60. The molecule has 8 nitrogen and oxygen atoms in total. The Kier molecular flexibility index (Phi) is 7.55. The fourth-order valence-corrected chi connectivity index (χ4v) is 2.78. The van der Waals surface area contributed by atoms with E-state index in [0.717, 1.165) is 0 Å². The highest BCUT2D eigenvalue weighted by Gasteiger charge is 2.39. The lowest BCUT2D eigenvalue weighted by molar-refractivity contribution is -0.140. The van der Waals surface area contributed by atoms with Crippen molar-refractivity contribution in [3.05, 3.63) is 35.9 Å². The molecule has 0 aromatic heterocycles. The molecule has 0 aliphatic carbocycles. The molecule has 1 heterocycles. The number of carbonyl (C=O) groups excluding carboxylic acids is 2. The van der Waals surface area contributed by atoms with Crippen LogP contribution in [0, 0.1) is 0 Å². The number of imide groups is 1. The number of alkyl halides is 3. The van der Waals surface area contributed by atoms with Crippen molar-refractivity contribution in [3.8, 4) is 0 Å². The van der Waals surface area contributed by atoms with Crippen molar-refractivity contribution < 1.29 is 29.0 Å². The summed E-state index contributed by atoms with van der Waals surface area (Å²) in [5.74, 6) is -1.02. The predicted octanol–water partition coefficient (Wildman–Crippen LogP) is 3.29. The topological polar surface area (TPSA) is 105 Å². The maximum absolute atomic E-state index is 12.5. The maximum Gasteiger partial charge on any atom is 0.423 e. The summed E-state index contributed by atoms with van der Waals surface area (Å²) in [6, 6.07) is 7.36. The Morgan fingerprint density at radius 2 is 1.81 bits per heavy atom. The molecule has 0 bridgehead atoms. The van der Waals surface area contributed by atoms with E-state index in [4.69, 9.17) is 44.6 Å². The lowest BCUT2D eigenvalue weighted by Gasteiger charge is -2.34. The fraction of sp³-hybridized carbons (Fsp3) is 0.438. The van der Waals surface area contributed by atoms with Crippen molar-refractivity contribution >= 4 is 53.0 Å². The Bertz CT molecular complexity index is 674. The van der Waals surface area contributed by atoms with E-state index in [0.29, 0.717) is 10.5 Å². The van der Waals surface area contributed by atoms with Gasteiger partial charge in [0.1, 0.15) is 12.6 Å². The number of carboxylic acids is 1. The van der Waals surface area contributed by atoms with E-state index < -0.39 is 34.2 Å². The Morgan fingerprint density at radius 3 is 2.33 bits per heavy atom. The fourth-order valence-electron chi connectivity index (χ4n) is 2.58. The van der Waals surface area contributed by atoms with E-state index >= 15 is 0 Å². The van der Waals surface area contributed by atoms with E-state index in [9.17, 15) is 14.4 Å². The van der Waals surface area contributed by atoms with Gasteiger partial charge in [0.2, 0.25) is 0 Å². The van der Waals surface area contributed by atoms with Crippen LogP contribution in [0.3, 0.4) is 0 Å². The van der Waals surface area contributed by atoms with Gasteiger partial charge in [0, 0.05) is 6.54 Å². The molecule has 2 amide bonds. The monoisotopic (exact) mass is 438 g/mol. The number of hydrogen-bond acceptors (Lipinski definition) is 6. The highest BCUT2D eigenvalue weighted by molar-refractivity contribution is 6.66. The van der Waals surface area contributed by atoms with Crippen molar-refractivity contribution in [2.45, 2.75) is 35.5 Å². The first-order chi connectivity index (χ1) is 12.7. The SMILES string of the molecule is O=C(O)[C@@H]1CC[C@@H](N(C(=O)OCc2ccccc2)C(=O)OC(Cl)(Cl)Cl)CN1. The van der Waals surface area contributed by atoms with Crippen LogP contribution in [-0.4, -0.2) is 50.8 Å². The predicted molar refractivity (Wildman–Crippen MR) is 97.7 cm³/mol. The molecule has 1 aromatic carbocycles. The summed E-state index contributed by atoms with van der Waals surface area (Å²) in [5.41, 5.74) is 0.716. The Hall–Kier alpha value is -1.74. The van der Waals surface area contributed by atoms with Crippen LogP contribution in [-0.2, 0) is 20.9 Å². The molecule has 2 atom stereocenters. The van der Waals surface area contributed by atoms with Crippen LogP contribution >= 0.6 is 34.8 Å². The first kappa shape index (κ1) is 21.6. The average molecular weight is 440 g/mol. The van der Waals surface area contributed by atoms with Crippen LogP contribution in [0.5, 0.6) is 0 Å². The number of nitrogens with zero attached hydrogens (tertiary/aromatic N) is 1. The van der Waals surface area contributed by atoms with E-state index in [1.807, 2.05) is 6.07 Å². The third kappa shape index (κ3) is 6.73. The van der Waals surface area contributed by atoms with Gasteiger partial charge in [-0.05, 0) is 53.2 Å². The molecule has 1 fully saturated rings. The number of benzene rings is 1. The zero-order chi connectivity index (χ0) is 20.0. The molecule has 27 heavy (non-hydrogen) atoms. The van der Waals surface area contributed by atoms with Crippen molar-refractivity contribution in [2.24, 2.45) is 0 Å². The van der Waals surface area contributed by atoms with Gasteiger partial charge in [-0.1, -0.05) is 30.3 Å². The van der Waals surface area contributed by atoms with Crippen LogP contribution < -0.4 is 5.32 Å². The number of carbonyl (C=O) groups is 3. The highest BCUT2D eigenvalue weighted by Crippen LogP contribution is 2.29. The molecule has 0 radical (unpaired) electrons. The van der Waals surface area contributed by atoms with Gasteiger partial charge < -0.3 is 19.9 Å². The molecule has 0 unspecified atom stereocenters. The number of halogens is 3.